The Hall–Kier alpha value is -1.20. The van der Waals surface area contributed by atoms with Gasteiger partial charge in [-0.25, -0.2) is 15.8 Å². The van der Waals surface area contributed by atoms with Crippen LogP contribution in [0.2, 0.25) is 0 Å². The zero-order valence-corrected chi connectivity index (χ0v) is 13.3. The van der Waals surface area contributed by atoms with Crippen molar-refractivity contribution < 1.29 is 0 Å². The van der Waals surface area contributed by atoms with E-state index in [2.05, 4.69) is 12.3 Å². The number of thiophene rings is 1. The second-order valence-corrected chi connectivity index (χ2v) is 7.48. The van der Waals surface area contributed by atoms with Gasteiger partial charge in [0.25, 0.3) is 0 Å². The van der Waals surface area contributed by atoms with Crippen molar-refractivity contribution in [3.63, 3.8) is 0 Å². The first-order chi connectivity index (χ1) is 10.3. The summed E-state index contributed by atoms with van der Waals surface area (Å²) < 4.78 is 0. The van der Waals surface area contributed by atoms with Gasteiger partial charge < -0.3 is 5.43 Å². The summed E-state index contributed by atoms with van der Waals surface area (Å²) in [5.74, 6) is 8.96. The summed E-state index contributed by atoms with van der Waals surface area (Å²) in [4.78, 5) is 12.3. The molecule has 2 aliphatic rings. The van der Waals surface area contributed by atoms with Gasteiger partial charge in [0.1, 0.15) is 10.7 Å². The van der Waals surface area contributed by atoms with Crippen molar-refractivity contribution >= 4 is 27.4 Å². The molecule has 112 valence electrons. The summed E-state index contributed by atoms with van der Waals surface area (Å²) in [5.41, 5.74) is 4.27. The van der Waals surface area contributed by atoms with Crippen molar-refractivity contribution in [2.45, 2.75) is 57.8 Å². The lowest BCUT2D eigenvalue weighted by molar-refractivity contribution is 0.517. The molecule has 5 heteroatoms. The molecule has 2 atom stereocenters. The number of rotatable bonds is 3. The molecule has 0 bridgehead atoms. The number of fused-ring (bicyclic) bond motifs is 3. The van der Waals surface area contributed by atoms with Crippen molar-refractivity contribution in [3.05, 3.63) is 16.3 Å². The van der Waals surface area contributed by atoms with E-state index in [1.54, 1.807) is 0 Å². The number of aromatic nitrogens is 2. The van der Waals surface area contributed by atoms with Crippen LogP contribution in [0.5, 0.6) is 0 Å². The average Bonchev–Trinajstić information content (AvgIpc) is 3.20. The summed E-state index contributed by atoms with van der Waals surface area (Å²) in [7, 11) is 0. The monoisotopic (exact) mass is 302 g/mol. The highest BCUT2D eigenvalue weighted by molar-refractivity contribution is 7.19. The number of hydrazine groups is 1. The fourth-order valence-electron chi connectivity index (χ4n) is 3.98. The highest BCUT2D eigenvalue weighted by Gasteiger charge is 2.29. The normalized spacial score (nSPS) is 24.7. The van der Waals surface area contributed by atoms with E-state index in [1.165, 1.54) is 54.4 Å². The molecule has 4 nitrogen and oxygen atoms in total. The van der Waals surface area contributed by atoms with Crippen LogP contribution in [0.25, 0.3) is 10.2 Å². The van der Waals surface area contributed by atoms with E-state index < -0.39 is 0 Å². The molecule has 0 saturated heterocycles. The Morgan fingerprint density at radius 1 is 1.29 bits per heavy atom. The van der Waals surface area contributed by atoms with E-state index in [4.69, 9.17) is 15.8 Å². The number of hydrogen-bond acceptors (Lipinski definition) is 5. The second-order valence-electron chi connectivity index (χ2n) is 6.40. The Labute approximate surface area is 129 Å². The minimum Gasteiger partial charge on any atom is -0.308 e. The first kappa shape index (κ1) is 13.5. The van der Waals surface area contributed by atoms with Gasteiger partial charge in [-0.3, -0.25) is 0 Å². The maximum Gasteiger partial charge on any atom is 0.152 e. The molecule has 2 unspecified atom stereocenters. The SMILES string of the molecule is CCC1CCC(c2nc(NN)c3c4c(sc3n2)CCC4)C1. The molecular weight excluding hydrogens is 280 g/mol. The third-order valence-corrected chi connectivity index (χ3v) is 6.39. The number of nitrogens with two attached hydrogens (primary N) is 1. The Morgan fingerprint density at radius 3 is 2.95 bits per heavy atom. The molecule has 3 N–H and O–H groups in total. The summed E-state index contributed by atoms with van der Waals surface area (Å²) in [6.45, 7) is 2.29. The lowest BCUT2D eigenvalue weighted by atomic mass is 10.0. The van der Waals surface area contributed by atoms with Gasteiger partial charge in [-0.15, -0.1) is 11.3 Å². The van der Waals surface area contributed by atoms with Crippen LogP contribution in [-0.2, 0) is 12.8 Å². The molecule has 0 amide bonds. The van der Waals surface area contributed by atoms with E-state index in [0.29, 0.717) is 5.92 Å². The third kappa shape index (κ3) is 2.14. The van der Waals surface area contributed by atoms with Crippen molar-refractivity contribution in [3.8, 4) is 0 Å². The van der Waals surface area contributed by atoms with Gasteiger partial charge in [0.05, 0.1) is 5.39 Å². The van der Waals surface area contributed by atoms with Crippen LogP contribution in [0, 0.1) is 5.92 Å². The summed E-state index contributed by atoms with van der Waals surface area (Å²) in [5, 5.41) is 1.18. The fourth-order valence-corrected chi connectivity index (χ4v) is 5.25. The largest absolute Gasteiger partial charge is 0.308 e. The van der Waals surface area contributed by atoms with Crippen LogP contribution >= 0.6 is 11.3 Å². The molecule has 0 aromatic carbocycles. The molecule has 2 aromatic heterocycles. The van der Waals surface area contributed by atoms with Crippen molar-refractivity contribution in [2.75, 3.05) is 5.43 Å². The van der Waals surface area contributed by atoms with E-state index in [0.717, 1.165) is 28.8 Å². The Morgan fingerprint density at radius 2 is 2.19 bits per heavy atom. The predicted octanol–water partition coefficient (Wildman–Crippen LogP) is 3.76. The summed E-state index contributed by atoms with van der Waals surface area (Å²) in [6.07, 6.45) is 8.63. The van der Waals surface area contributed by atoms with Crippen molar-refractivity contribution in [2.24, 2.45) is 11.8 Å². The fraction of sp³-hybridized carbons (Fsp3) is 0.625. The molecule has 0 aliphatic heterocycles. The van der Waals surface area contributed by atoms with E-state index in [1.807, 2.05) is 11.3 Å². The number of nitrogen functional groups attached to an aromatic ring is 1. The molecule has 2 aromatic rings. The molecule has 21 heavy (non-hydrogen) atoms. The zero-order chi connectivity index (χ0) is 14.4. The quantitative estimate of drug-likeness (QED) is 0.669. The predicted molar refractivity (Wildman–Crippen MR) is 87.6 cm³/mol. The number of anilines is 1. The van der Waals surface area contributed by atoms with Crippen LogP contribution in [0.1, 0.15) is 61.2 Å². The van der Waals surface area contributed by atoms with Gasteiger partial charge in [0, 0.05) is 10.8 Å². The average molecular weight is 302 g/mol. The molecule has 1 fully saturated rings. The number of nitrogens with zero attached hydrogens (tertiary/aromatic N) is 2. The molecule has 0 radical (unpaired) electrons. The molecule has 2 aliphatic carbocycles. The lowest BCUT2D eigenvalue weighted by Gasteiger charge is -2.11. The van der Waals surface area contributed by atoms with E-state index >= 15 is 0 Å². The summed E-state index contributed by atoms with van der Waals surface area (Å²) >= 11 is 1.85. The van der Waals surface area contributed by atoms with Gasteiger partial charge in [0.15, 0.2) is 5.82 Å². The van der Waals surface area contributed by atoms with Gasteiger partial charge in [-0.2, -0.15) is 0 Å². The molecule has 2 heterocycles. The third-order valence-electron chi connectivity index (χ3n) is 5.20. The van der Waals surface area contributed by atoms with Gasteiger partial charge in [-0.1, -0.05) is 13.3 Å². The van der Waals surface area contributed by atoms with Gasteiger partial charge in [-0.05, 0) is 50.0 Å². The molecule has 1 saturated carbocycles. The van der Waals surface area contributed by atoms with Crippen LogP contribution in [0.3, 0.4) is 0 Å². The van der Waals surface area contributed by atoms with Crippen LogP contribution in [-0.4, -0.2) is 9.97 Å². The first-order valence-electron chi connectivity index (χ1n) is 8.09. The number of nitrogens with one attached hydrogen (secondary N) is 1. The van der Waals surface area contributed by atoms with Gasteiger partial charge in [0.2, 0.25) is 0 Å². The lowest BCUT2D eigenvalue weighted by Crippen LogP contribution is -2.12. The Bertz CT molecular complexity index is 678. The maximum atomic E-state index is 5.75. The van der Waals surface area contributed by atoms with E-state index in [9.17, 15) is 0 Å². The highest BCUT2D eigenvalue weighted by atomic mass is 32.1. The minimum absolute atomic E-state index is 0.517. The first-order valence-corrected chi connectivity index (χ1v) is 8.90. The molecule has 4 rings (SSSR count). The number of hydrogen-bond donors (Lipinski definition) is 2. The number of aryl methyl sites for hydroxylation is 2. The van der Waals surface area contributed by atoms with Crippen LogP contribution in [0.4, 0.5) is 5.82 Å². The Kier molecular flexibility index (Phi) is 3.34. The summed E-state index contributed by atoms with van der Waals surface area (Å²) in [6, 6.07) is 0. The van der Waals surface area contributed by atoms with Crippen LogP contribution < -0.4 is 11.3 Å². The van der Waals surface area contributed by atoms with Crippen molar-refractivity contribution in [1.29, 1.82) is 0 Å². The Balaban J connectivity index is 1.78. The smallest absolute Gasteiger partial charge is 0.152 e. The van der Waals surface area contributed by atoms with Crippen LogP contribution in [0.15, 0.2) is 0 Å². The zero-order valence-electron chi connectivity index (χ0n) is 12.5. The van der Waals surface area contributed by atoms with Crippen molar-refractivity contribution in [1.82, 2.24) is 9.97 Å². The minimum atomic E-state index is 0.517. The molecule has 0 spiro atoms. The maximum absolute atomic E-state index is 5.75. The van der Waals surface area contributed by atoms with E-state index in [-0.39, 0.29) is 0 Å². The van der Waals surface area contributed by atoms with Gasteiger partial charge >= 0.3 is 0 Å². The molecular formula is C16H22N4S. The second kappa shape index (κ2) is 5.21. The highest BCUT2D eigenvalue weighted by Crippen LogP contribution is 2.43. The standard InChI is InChI=1S/C16H22N4S/c1-2-9-6-7-10(8-9)14-18-15(20-17)13-11-4-3-5-12(11)21-16(13)19-14/h9-10H,2-8,17H2,1H3,(H,18,19,20). The topological polar surface area (TPSA) is 63.8 Å².